The number of hydrogen-bond donors (Lipinski definition) is 0. The van der Waals surface area contributed by atoms with Gasteiger partial charge in [-0.2, -0.15) is 13.2 Å². The van der Waals surface area contributed by atoms with Crippen molar-refractivity contribution < 1.29 is 31.9 Å². The van der Waals surface area contributed by atoms with Crippen LogP contribution in [-0.2, 0) is 9.59 Å². The maximum atomic E-state index is 13.9. The Balaban J connectivity index is 1.40. The molecule has 2 saturated heterocycles. The van der Waals surface area contributed by atoms with Gasteiger partial charge >= 0.3 is 12.1 Å². The molecule has 3 heterocycles. The molecule has 0 saturated carbocycles. The fraction of sp³-hybridized carbons (Fsp3) is 0.345. The smallest absolute Gasteiger partial charge is 0.472 e. The number of piperidine rings is 1. The SMILES string of the molecule is C=CCC(C(=O)N(C(=O)C(F)(F)F)c1ccc(Cl)cc1)N1C2CCC1CC(Oc1ccnc3ccc(F)cc13)C2. The third-order valence-corrected chi connectivity index (χ3v) is 7.74. The molecule has 3 atom stereocenters. The molecule has 2 aromatic carbocycles. The largest absolute Gasteiger partial charge is 0.490 e. The second kappa shape index (κ2) is 11.2. The van der Waals surface area contributed by atoms with E-state index in [9.17, 15) is 27.2 Å². The van der Waals surface area contributed by atoms with Crippen LogP contribution in [0.15, 0.2) is 67.4 Å². The number of imide groups is 1. The van der Waals surface area contributed by atoms with Crippen LogP contribution in [0, 0.1) is 5.82 Å². The summed E-state index contributed by atoms with van der Waals surface area (Å²) in [6.45, 7) is 3.71. The van der Waals surface area contributed by atoms with Gasteiger partial charge in [0.1, 0.15) is 17.7 Å². The number of nitrogens with zero attached hydrogens (tertiary/aromatic N) is 3. The Hall–Kier alpha value is -3.50. The van der Waals surface area contributed by atoms with E-state index in [1.165, 1.54) is 42.5 Å². The highest BCUT2D eigenvalue weighted by Crippen LogP contribution is 2.41. The lowest BCUT2D eigenvalue weighted by Gasteiger charge is -2.43. The van der Waals surface area contributed by atoms with E-state index < -0.39 is 29.8 Å². The van der Waals surface area contributed by atoms with Gasteiger partial charge in [0, 0.05) is 28.7 Å². The second-order valence-electron chi connectivity index (χ2n) is 10.0. The number of fused-ring (bicyclic) bond motifs is 3. The van der Waals surface area contributed by atoms with E-state index in [1.54, 1.807) is 18.3 Å². The number of alkyl halides is 3. The van der Waals surface area contributed by atoms with Crippen molar-refractivity contribution in [1.29, 1.82) is 0 Å². The lowest BCUT2D eigenvalue weighted by atomic mass is 9.95. The summed E-state index contributed by atoms with van der Waals surface area (Å²) in [5.41, 5.74) is 0.376. The molecule has 0 aliphatic carbocycles. The number of hydrogen-bond acceptors (Lipinski definition) is 5. The normalized spacial score (nSPS) is 21.7. The summed E-state index contributed by atoms with van der Waals surface area (Å²) in [4.78, 5) is 32.6. The van der Waals surface area contributed by atoms with Gasteiger partial charge in [-0.1, -0.05) is 17.7 Å². The number of anilines is 1. The van der Waals surface area contributed by atoms with E-state index in [0.29, 0.717) is 42.3 Å². The van der Waals surface area contributed by atoms with E-state index >= 15 is 0 Å². The molecule has 6 nitrogen and oxygen atoms in total. The van der Waals surface area contributed by atoms with E-state index in [-0.39, 0.29) is 40.2 Å². The zero-order chi connectivity index (χ0) is 28.6. The van der Waals surface area contributed by atoms with Gasteiger partial charge < -0.3 is 4.74 Å². The molecule has 2 fully saturated rings. The average molecular weight is 576 g/mol. The minimum atomic E-state index is -5.26. The van der Waals surface area contributed by atoms with Crippen LogP contribution in [0.4, 0.5) is 23.2 Å². The Labute approximate surface area is 233 Å². The zero-order valence-corrected chi connectivity index (χ0v) is 22.0. The van der Waals surface area contributed by atoms with Crippen molar-refractivity contribution >= 4 is 40.0 Å². The van der Waals surface area contributed by atoms with Crippen LogP contribution in [0.3, 0.4) is 0 Å². The highest BCUT2D eigenvalue weighted by Gasteiger charge is 2.51. The van der Waals surface area contributed by atoms with Crippen LogP contribution in [0.1, 0.15) is 32.1 Å². The predicted octanol–water partition coefficient (Wildman–Crippen LogP) is 6.47. The van der Waals surface area contributed by atoms with Crippen molar-refractivity contribution in [3.05, 3.63) is 78.2 Å². The van der Waals surface area contributed by atoms with Gasteiger partial charge in [-0.05, 0) is 80.6 Å². The first kappa shape index (κ1) is 28.0. The molecule has 0 radical (unpaired) electrons. The molecule has 0 spiro atoms. The van der Waals surface area contributed by atoms with Crippen LogP contribution in [-0.4, -0.2) is 52.1 Å². The van der Waals surface area contributed by atoms with Gasteiger partial charge in [-0.3, -0.25) is 19.5 Å². The molecular formula is C29H26ClF4N3O3. The molecular weight excluding hydrogens is 550 g/mol. The fourth-order valence-electron chi connectivity index (χ4n) is 5.86. The number of aromatic nitrogens is 1. The molecule has 40 heavy (non-hydrogen) atoms. The first-order valence-corrected chi connectivity index (χ1v) is 13.2. The maximum Gasteiger partial charge on any atom is 0.472 e. The summed E-state index contributed by atoms with van der Waals surface area (Å²) in [6.07, 6.45) is 0.0287. The molecule has 210 valence electrons. The van der Waals surface area contributed by atoms with Gasteiger partial charge in [0.15, 0.2) is 0 Å². The van der Waals surface area contributed by atoms with Gasteiger partial charge in [0.2, 0.25) is 0 Å². The van der Waals surface area contributed by atoms with Crippen molar-refractivity contribution in [2.45, 2.75) is 62.5 Å². The Kier molecular flexibility index (Phi) is 7.83. The summed E-state index contributed by atoms with van der Waals surface area (Å²) < 4.78 is 61.1. The van der Waals surface area contributed by atoms with Crippen LogP contribution in [0.25, 0.3) is 10.9 Å². The van der Waals surface area contributed by atoms with Crippen molar-refractivity contribution in [3.8, 4) is 5.75 Å². The van der Waals surface area contributed by atoms with Gasteiger partial charge in [0.25, 0.3) is 5.91 Å². The summed E-state index contributed by atoms with van der Waals surface area (Å²) in [7, 11) is 0. The summed E-state index contributed by atoms with van der Waals surface area (Å²) in [6, 6.07) is 9.64. The summed E-state index contributed by atoms with van der Waals surface area (Å²) in [5.74, 6) is -3.16. The number of carbonyl (C=O) groups excluding carboxylic acids is 2. The maximum absolute atomic E-state index is 13.9. The van der Waals surface area contributed by atoms with Crippen LogP contribution < -0.4 is 9.64 Å². The predicted molar refractivity (Wildman–Crippen MR) is 143 cm³/mol. The third kappa shape index (κ3) is 5.55. The highest BCUT2D eigenvalue weighted by molar-refractivity contribution is 6.30. The van der Waals surface area contributed by atoms with Crippen LogP contribution >= 0.6 is 11.6 Å². The minimum Gasteiger partial charge on any atom is -0.490 e. The molecule has 2 amide bonds. The van der Waals surface area contributed by atoms with E-state index in [0.717, 1.165) is 0 Å². The second-order valence-corrected chi connectivity index (χ2v) is 10.4. The van der Waals surface area contributed by atoms with Crippen molar-refractivity contribution in [2.24, 2.45) is 0 Å². The molecule has 5 rings (SSSR count). The Morgan fingerprint density at radius 2 is 1.80 bits per heavy atom. The molecule has 2 aliphatic heterocycles. The number of amides is 2. The topological polar surface area (TPSA) is 62.7 Å². The van der Waals surface area contributed by atoms with Gasteiger partial charge in [-0.25, -0.2) is 9.29 Å². The van der Waals surface area contributed by atoms with Crippen molar-refractivity contribution in [1.82, 2.24) is 9.88 Å². The number of rotatable bonds is 7. The summed E-state index contributed by atoms with van der Waals surface area (Å²) >= 11 is 5.89. The average Bonchev–Trinajstić information content (AvgIpc) is 3.17. The molecule has 2 bridgehead atoms. The molecule has 0 N–H and O–H groups in total. The van der Waals surface area contributed by atoms with Crippen LogP contribution in [0.2, 0.25) is 5.02 Å². The van der Waals surface area contributed by atoms with Gasteiger partial charge in [-0.15, -0.1) is 6.58 Å². The van der Waals surface area contributed by atoms with Crippen molar-refractivity contribution in [3.63, 3.8) is 0 Å². The van der Waals surface area contributed by atoms with Crippen LogP contribution in [0.5, 0.6) is 5.75 Å². The lowest BCUT2D eigenvalue weighted by Crippen LogP contribution is -2.59. The Morgan fingerprint density at radius 1 is 1.12 bits per heavy atom. The number of carbonyl (C=O) groups is 2. The molecule has 2 aliphatic rings. The van der Waals surface area contributed by atoms with Crippen molar-refractivity contribution in [2.75, 3.05) is 4.90 Å². The number of benzene rings is 2. The first-order chi connectivity index (χ1) is 19.1. The quantitative estimate of drug-likeness (QED) is 0.239. The molecule has 11 heteroatoms. The first-order valence-electron chi connectivity index (χ1n) is 12.9. The molecule has 3 aromatic rings. The van der Waals surface area contributed by atoms with E-state index in [2.05, 4.69) is 11.6 Å². The van der Waals surface area contributed by atoms with Gasteiger partial charge in [0.05, 0.1) is 17.2 Å². The van der Waals surface area contributed by atoms with E-state index in [4.69, 9.17) is 16.3 Å². The summed E-state index contributed by atoms with van der Waals surface area (Å²) in [5, 5.41) is 0.796. The zero-order valence-electron chi connectivity index (χ0n) is 21.3. The number of pyridine rings is 1. The highest BCUT2D eigenvalue weighted by atomic mass is 35.5. The lowest BCUT2D eigenvalue weighted by molar-refractivity contribution is -0.172. The standard InChI is InChI=1S/C29H26ClF4N3O3/c1-2-3-25(27(38)37(28(39)29(32,33)34)19-7-4-17(30)5-8-19)36-20-9-10-21(36)16-22(15-20)40-26-12-13-35-24-11-6-18(31)14-23(24)26/h2,4-8,11-14,20-22,25H,1,3,9-10,15-16H2. The minimum absolute atomic E-state index is 0.0564. The number of ether oxygens (including phenoxy) is 1. The fourth-order valence-corrected chi connectivity index (χ4v) is 5.99. The Morgan fingerprint density at radius 3 is 2.42 bits per heavy atom. The third-order valence-electron chi connectivity index (χ3n) is 7.49. The molecule has 3 unspecified atom stereocenters. The van der Waals surface area contributed by atoms with E-state index in [1.807, 2.05) is 4.90 Å². The Bertz CT molecular complexity index is 1420. The monoisotopic (exact) mass is 575 g/mol. The number of halogens is 5. The molecule has 1 aromatic heterocycles.